The highest BCUT2D eigenvalue weighted by molar-refractivity contribution is 6.36. The van der Waals surface area contributed by atoms with Crippen LogP contribution < -0.4 is 10.1 Å². The number of nitro benzene ring substituents is 1. The Bertz CT molecular complexity index is 1240. The van der Waals surface area contributed by atoms with Gasteiger partial charge in [0.05, 0.1) is 29.3 Å². The number of benzene rings is 2. The van der Waals surface area contributed by atoms with Gasteiger partial charge in [-0.05, 0) is 48.4 Å². The molecule has 0 radical (unpaired) electrons. The van der Waals surface area contributed by atoms with Gasteiger partial charge in [-0.3, -0.25) is 29.6 Å². The van der Waals surface area contributed by atoms with Crippen LogP contribution in [-0.2, 0) is 16.1 Å². The van der Waals surface area contributed by atoms with Gasteiger partial charge in [0, 0.05) is 24.5 Å². The quantitative estimate of drug-likeness (QED) is 0.319. The topological polar surface area (TPSA) is 115 Å². The van der Waals surface area contributed by atoms with E-state index in [1.54, 1.807) is 48.8 Å². The van der Waals surface area contributed by atoms with E-state index in [4.69, 9.17) is 4.74 Å². The standard InChI is InChI=1S/C24H20N4O5/c1-2-33-20-8-4-3-7-19(20)26-22-21(17-9-11-18(12-10-17)28(31)32)23(29)27(24(22)30)15-16-6-5-13-25-14-16/h3-14,26H,2,15H2,1H3. The van der Waals surface area contributed by atoms with Crippen LogP contribution in [0.1, 0.15) is 18.1 Å². The summed E-state index contributed by atoms with van der Waals surface area (Å²) >= 11 is 0. The molecule has 1 aliphatic rings. The van der Waals surface area contributed by atoms with E-state index in [-0.39, 0.29) is 23.5 Å². The summed E-state index contributed by atoms with van der Waals surface area (Å²) in [6.07, 6.45) is 3.19. The summed E-state index contributed by atoms with van der Waals surface area (Å²) in [5, 5.41) is 14.1. The van der Waals surface area contributed by atoms with Crippen LogP contribution in [0.25, 0.3) is 5.57 Å². The maximum atomic E-state index is 13.4. The summed E-state index contributed by atoms with van der Waals surface area (Å²) in [6.45, 7) is 2.31. The molecule has 0 unspecified atom stereocenters. The van der Waals surface area contributed by atoms with Crippen LogP contribution in [0, 0.1) is 10.1 Å². The molecule has 166 valence electrons. The van der Waals surface area contributed by atoms with Crippen molar-refractivity contribution in [3.63, 3.8) is 0 Å². The van der Waals surface area contributed by atoms with Crippen molar-refractivity contribution in [1.29, 1.82) is 0 Å². The van der Waals surface area contributed by atoms with E-state index in [0.29, 0.717) is 29.2 Å². The number of nitrogens with one attached hydrogen (secondary N) is 1. The molecule has 1 N–H and O–H groups in total. The van der Waals surface area contributed by atoms with Crippen molar-refractivity contribution < 1.29 is 19.2 Å². The van der Waals surface area contributed by atoms with Crippen LogP contribution >= 0.6 is 0 Å². The highest BCUT2D eigenvalue weighted by atomic mass is 16.6. The van der Waals surface area contributed by atoms with Gasteiger partial charge in [0.1, 0.15) is 11.4 Å². The van der Waals surface area contributed by atoms with E-state index in [0.717, 1.165) is 4.90 Å². The minimum atomic E-state index is -0.522. The number of pyridine rings is 1. The molecule has 4 rings (SSSR count). The number of amides is 2. The molecule has 0 fully saturated rings. The molecule has 1 aromatic heterocycles. The van der Waals surface area contributed by atoms with E-state index >= 15 is 0 Å². The Hall–Kier alpha value is -4.53. The van der Waals surface area contributed by atoms with Crippen molar-refractivity contribution >= 4 is 28.8 Å². The number of rotatable bonds is 8. The predicted molar refractivity (Wildman–Crippen MR) is 121 cm³/mol. The molecule has 0 saturated carbocycles. The highest BCUT2D eigenvalue weighted by Crippen LogP contribution is 2.34. The number of hydrogen-bond acceptors (Lipinski definition) is 7. The lowest BCUT2D eigenvalue weighted by Gasteiger charge is -2.16. The summed E-state index contributed by atoms with van der Waals surface area (Å²) in [7, 11) is 0. The molecule has 0 spiro atoms. The fourth-order valence-electron chi connectivity index (χ4n) is 3.51. The predicted octanol–water partition coefficient (Wildman–Crippen LogP) is 3.78. The van der Waals surface area contributed by atoms with Gasteiger partial charge in [-0.2, -0.15) is 0 Å². The zero-order valence-electron chi connectivity index (χ0n) is 17.7. The minimum Gasteiger partial charge on any atom is -0.492 e. The number of anilines is 1. The number of nitrogens with zero attached hydrogens (tertiary/aromatic N) is 3. The summed E-state index contributed by atoms with van der Waals surface area (Å²) in [5.41, 5.74) is 1.70. The maximum Gasteiger partial charge on any atom is 0.278 e. The molecule has 9 heteroatoms. The van der Waals surface area contributed by atoms with Crippen LogP contribution in [-0.4, -0.2) is 33.2 Å². The van der Waals surface area contributed by atoms with Crippen LogP contribution in [0.5, 0.6) is 5.75 Å². The zero-order chi connectivity index (χ0) is 23.4. The second kappa shape index (κ2) is 9.31. The smallest absolute Gasteiger partial charge is 0.278 e. The Kier molecular flexibility index (Phi) is 6.12. The monoisotopic (exact) mass is 444 g/mol. The fraction of sp³-hybridized carbons (Fsp3) is 0.125. The normalized spacial score (nSPS) is 13.4. The van der Waals surface area contributed by atoms with Crippen molar-refractivity contribution in [3.05, 3.63) is 100.0 Å². The molecule has 9 nitrogen and oxygen atoms in total. The average molecular weight is 444 g/mol. The molecule has 0 saturated heterocycles. The SMILES string of the molecule is CCOc1ccccc1NC1=C(c2ccc([N+](=O)[O-])cc2)C(=O)N(Cc2cccnc2)C1=O. The van der Waals surface area contributed by atoms with E-state index in [1.807, 2.05) is 6.92 Å². The molecular weight excluding hydrogens is 424 g/mol. The zero-order valence-corrected chi connectivity index (χ0v) is 17.7. The van der Waals surface area contributed by atoms with E-state index in [2.05, 4.69) is 10.3 Å². The lowest BCUT2D eigenvalue weighted by Crippen LogP contribution is -2.32. The first-order valence-corrected chi connectivity index (χ1v) is 10.2. The molecular formula is C24H20N4O5. The number of nitro groups is 1. The van der Waals surface area contributed by atoms with E-state index in [9.17, 15) is 19.7 Å². The van der Waals surface area contributed by atoms with E-state index in [1.165, 1.54) is 24.3 Å². The summed E-state index contributed by atoms with van der Waals surface area (Å²) < 4.78 is 5.64. The maximum absolute atomic E-state index is 13.4. The Labute approximate surface area is 189 Å². The molecule has 3 aromatic rings. The number of non-ortho nitro benzene ring substituents is 1. The Balaban J connectivity index is 1.76. The van der Waals surface area contributed by atoms with Gasteiger partial charge < -0.3 is 10.1 Å². The van der Waals surface area contributed by atoms with Gasteiger partial charge in [0.15, 0.2) is 0 Å². The Morgan fingerprint density at radius 2 is 1.79 bits per heavy atom. The van der Waals surface area contributed by atoms with Crippen LogP contribution in [0.2, 0.25) is 0 Å². The Morgan fingerprint density at radius 3 is 2.45 bits per heavy atom. The van der Waals surface area contributed by atoms with Crippen molar-refractivity contribution in [2.75, 3.05) is 11.9 Å². The number of aromatic nitrogens is 1. The first kappa shape index (κ1) is 21.7. The number of carbonyl (C=O) groups excluding carboxylic acids is 2. The molecule has 2 aromatic carbocycles. The van der Waals surface area contributed by atoms with Gasteiger partial charge in [0.25, 0.3) is 17.5 Å². The van der Waals surface area contributed by atoms with Crippen molar-refractivity contribution in [3.8, 4) is 5.75 Å². The number of para-hydroxylation sites is 2. The van der Waals surface area contributed by atoms with Gasteiger partial charge in [0.2, 0.25) is 0 Å². The molecule has 0 atom stereocenters. The van der Waals surface area contributed by atoms with Gasteiger partial charge in [-0.1, -0.05) is 18.2 Å². The number of hydrogen-bond donors (Lipinski definition) is 1. The molecule has 2 heterocycles. The third-order valence-electron chi connectivity index (χ3n) is 5.04. The highest BCUT2D eigenvalue weighted by Gasteiger charge is 2.39. The summed E-state index contributed by atoms with van der Waals surface area (Å²) in [5.74, 6) is -0.487. The molecule has 0 aliphatic carbocycles. The number of carbonyl (C=O) groups is 2. The van der Waals surface area contributed by atoms with Crippen molar-refractivity contribution in [2.24, 2.45) is 0 Å². The first-order valence-electron chi connectivity index (χ1n) is 10.2. The van der Waals surface area contributed by atoms with Crippen LogP contribution in [0.3, 0.4) is 0 Å². The lowest BCUT2D eigenvalue weighted by molar-refractivity contribution is -0.384. The second-order valence-electron chi connectivity index (χ2n) is 7.17. The van der Waals surface area contributed by atoms with Gasteiger partial charge >= 0.3 is 0 Å². The molecule has 0 bridgehead atoms. The third-order valence-corrected chi connectivity index (χ3v) is 5.04. The molecule has 33 heavy (non-hydrogen) atoms. The van der Waals surface area contributed by atoms with Gasteiger partial charge in [-0.25, -0.2) is 0 Å². The number of imide groups is 1. The Morgan fingerprint density at radius 1 is 1.03 bits per heavy atom. The summed E-state index contributed by atoms with van der Waals surface area (Å²) in [4.78, 5) is 42.4. The fourth-order valence-corrected chi connectivity index (χ4v) is 3.51. The van der Waals surface area contributed by atoms with Crippen LogP contribution in [0.15, 0.2) is 78.8 Å². The largest absolute Gasteiger partial charge is 0.492 e. The second-order valence-corrected chi connectivity index (χ2v) is 7.17. The molecule has 2 amide bonds. The third kappa shape index (κ3) is 4.42. The average Bonchev–Trinajstić information content (AvgIpc) is 3.05. The minimum absolute atomic E-state index is 0.0419. The molecule has 1 aliphatic heterocycles. The van der Waals surface area contributed by atoms with Crippen LogP contribution in [0.4, 0.5) is 11.4 Å². The van der Waals surface area contributed by atoms with E-state index < -0.39 is 16.7 Å². The first-order chi connectivity index (χ1) is 16.0. The van der Waals surface area contributed by atoms with Crippen molar-refractivity contribution in [2.45, 2.75) is 13.5 Å². The van der Waals surface area contributed by atoms with Crippen molar-refractivity contribution in [1.82, 2.24) is 9.88 Å². The van der Waals surface area contributed by atoms with Gasteiger partial charge in [-0.15, -0.1) is 0 Å². The number of ether oxygens (including phenoxy) is 1. The lowest BCUT2D eigenvalue weighted by atomic mass is 10.0. The summed E-state index contributed by atoms with van der Waals surface area (Å²) in [6, 6.07) is 16.1.